The summed E-state index contributed by atoms with van der Waals surface area (Å²) in [6, 6.07) is 0. The van der Waals surface area contributed by atoms with E-state index in [0.717, 1.165) is 38.5 Å². The Labute approximate surface area is 141 Å². The first kappa shape index (κ1) is 20.0. The maximum Gasteiger partial charge on any atom is 0.309 e. The molecule has 0 aliphatic heterocycles. The zero-order valence-corrected chi connectivity index (χ0v) is 15.1. The first-order chi connectivity index (χ1) is 11.0. The third-order valence-electron chi connectivity index (χ3n) is 4.49. The van der Waals surface area contributed by atoms with Gasteiger partial charge in [0.15, 0.2) is 0 Å². The van der Waals surface area contributed by atoms with E-state index < -0.39 is 0 Å². The van der Waals surface area contributed by atoms with E-state index >= 15 is 0 Å². The molecule has 0 aromatic rings. The molecule has 0 saturated heterocycles. The zero-order chi connectivity index (χ0) is 17.1. The molecule has 0 radical (unpaired) electrons. The van der Waals surface area contributed by atoms with Crippen molar-refractivity contribution in [2.45, 2.75) is 91.1 Å². The second-order valence-corrected chi connectivity index (χ2v) is 6.97. The molecule has 4 nitrogen and oxygen atoms in total. The number of carbonyl (C=O) groups excluding carboxylic acids is 2. The Morgan fingerprint density at radius 3 is 1.96 bits per heavy atom. The van der Waals surface area contributed by atoms with E-state index in [1.54, 1.807) is 0 Å². The van der Waals surface area contributed by atoms with Gasteiger partial charge < -0.3 is 9.47 Å². The summed E-state index contributed by atoms with van der Waals surface area (Å²) in [6.45, 7) is 6.48. The van der Waals surface area contributed by atoms with Crippen LogP contribution in [0.25, 0.3) is 0 Å². The van der Waals surface area contributed by atoms with E-state index in [1.165, 1.54) is 25.7 Å². The summed E-state index contributed by atoms with van der Waals surface area (Å²) in [5.74, 6) is -0.258. The molecule has 0 unspecified atom stereocenters. The minimum Gasteiger partial charge on any atom is -0.465 e. The van der Waals surface area contributed by atoms with Gasteiger partial charge in [0.2, 0.25) is 0 Å². The third kappa shape index (κ3) is 8.38. The van der Waals surface area contributed by atoms with E-state index in [9.17, 15) is 9.59 Å². The Morgan fingerprint density at radius 1 is 0.870 bits per heavy atom. The van der Waals surface area contributed by atoms with Crippen molar-refractivity contribution in [3.63, 3.8) is 0 Å². The van der Waals surface area contributed by atoms with E-state index in [4.69, 9.17) is 9.47 Å². The van der Waals surface area contributed by atoms with E-state index in [1.807, 2.05) is 13.8 Å². The van der Waals surface area contributed by atoms with Crippen molar-refractivity contribution in [1.82, 2.24) is 0 Å². The summed E-state index contributed by atoms with van der Waals surface area (Å²) in [7, 11) is 0. The van der Waals surface area contributed by atoms with Gasteiger partial charge in [0, 0.05) is 0 Å². The molecule has 0 aromatic carbocycles. The van der Waals surface area contributed by atoms with E-state index in [2.05, 4.69) is 6.92 Å². The summed E-state index contributed by atoms with van der Waals surface area (Å²) >= 11 is 0. The molecule has 0 amide bonds. The molecule has 1 aliphatic rings. The molecule has 1 aliphatic carbocycles. The summed E-state index contributed by atoms with van der Waals surface area (Å²) in [5.41, 5.74) is 0. The van der Waals surface area contributed by atoms with Crippen molar-refractivity contribution >= 4 is 11.9 Å². The van der Waals surface area contributed by atoms with Crippen molar-refractivity contribution in [1.29, 1.82) is 0 Å². The Balaban J connectivity index is 2.11. The zero-order valence-electron chi connectivity index (χ0n) is 15.1. The monoisotopic (exact) mass is 326 g/mol. The Hall–Kier alpha value is -1.06. The first-order valence-corrected chi connectivity index (χ1v) is 9.41. The molecule has 0 spiro atoms. The Bertz CT molecular complexity index is 343. The van der Waals surface area contributed by atoms with Crippen molar-refractivity contribution in [2.75, 3.05) is 6.61 Å². The highest BCUT2D eigenvalue weighted by Gasteiger charge is 2.31. The minimum atomic E-state index is -0.112. The average Bonchev–Trinajstić information content (AvgIpc) is 2.53. The number of rotatable bonds is 10. The van der Waals surface area contributed by atoms with Crippen LogP contribution in [0.3, 0.4) is 0 Å². The number of unbranched alkanes of at least 4 members (excludes halogenated alkanes) is 5. The number of hydrogen-bond donors (Lipinski definition) is 0. The molecule has 0 N–H and O–H groups in total. The first-order valence-electron chi connectivity index (χ1n) is 9.41. The maximum absolute atomic E-state index is 12.0. The quantitative estimate of drug-likeness (QED) is 0.433. The van der Waals surface area contributed by atoms with Gasteiger partial charge in [-0.05, 0) is 46.0 Å². The van der Waals surface area contributed by atoms with Crippen LogP contribution in [0.5, 0.6) is 0 Å². The fraction of sp³-hybridized carbons (Fsp3) is 0.895. The van der Waals surface area contributed by atoms with Crippen LogP contribution in [0.15, 0.2) is 0 Å². The summed E-state index contributed by atoms with van der Waals surface area (Å²) < 4.78 is 10.6. The van der Waals surface area contributed by atoms with Gasteiger partial charge in [-0.2, -0.15) is 0 Å². The second kappa shape index (κ2) is 11.5. The van der Waals surface area contributed by atoms with Crippen molar-refractivity contribution in [3.05, 3.63) is 0 Å². The van der Waals surface area contributed by atoms with Crippen LogP contribution in [0.1, 0.15) is 85.0 Å². The van der Waals surface area contributed by atoms with Gasteiger partial charge in [-0.15, -0.1) is 0 Å². The van der Waals surface area contributed by atoms with Crippen LogP contribution in [-0.4, -0.2) is 24.6 Å². The molecule has 1 rings (SSSR count). The molecular weight excluding hydrogens is 292 g/mol. The van der Waals surface area contributed by atoms with Crippen molar-refractivity contribution < 1.29 is 19.1 Å². The molecule has 0 atom stereocenters. The molecule has 23 heavy (non-hydrogen) atoms. The molecule has 0 bridgehead atoms. The van der Waals surface area contributed by atoms with Gasteiger partial charge >= 0.3 is 11.9 Å². The highest BCUT2D eigenvalue weighted by Crippen LogP contribution is 2.30. The van der Waals surface area contributed by atoms with Gasteiger partial charge in [-0.3, -0.25) is 9.59 Å². The Morgan fingerprint density at radius 2 is 1.39 bits per heavy atom. The van der Waals surface area contributed by atoms with Gasteiger partial charge in [0.1, 0.15) is 0 Å². The lowest BCUT2D eigenvalue weighted by atomic mass is 9.82. The van der Waals surface area contributed by atoms with Gasteiger partial charge in [-0.1, -0.05) is 39.0 Å². The van der Waals surface area contributed by atoms with Gasteiger partial charge in [0.25, 0.3) is 0 Å². The normalized spacial score (nSPS) is 21.2. The Kier molecular flexibility index (Phi) is 9.97. The molecule has 0 heterocycles. The summed E-state index contributed by atoms with van der Waals surface area (Å²) in [4.78, 5) is 23.9. The van der Waals surface area contributed by atoms with Gasteiger partial charge in [-0.25, -0.2) is 0 Å². The molecule has 1 saturated carbocycles. The standard InChI is InChI=1S/C19H34O4/c1-4-5-6-7-8-9-14-22-18(20)16-10-12-17(13-11-16)19(21)23-15(2)3/h15-17H,4-14H2,1-3H3. The van der Waals surface area contributed by atoms with Gasteiger partial charge in [0.05, 0.1) is 24.5 Å². The highest BCUT2D eigenvalue weighted by atomic mass is 16.5. The largest absolute Gasteiger partial charge is 0.465 e. The topological polar surface area (TPSA) is 52.6 Å². The predicted octanol–water partition coefficient (Wildman–Crippen LogP) is 4.65. The lowest BCUT2D eigenvalue weighted by molar-refractivity contribution is -0.157. The SMILES string of the molecule is CCCCCCCCOC(=O)C1CCC(C(=O)OC(C)C)CC1. The smallest absolute Gasteiger partial charge is 0.309 e. The third-order valence-corrected chi connectivity index (χ3v) is 4.49. The second-order valence-electron chi connectivity index (χ2n) is 6.97. The molecular formula is C19H34O4. The van der Waals surface area contributed by atoms with Crippen LogP contribution >= 0.6 is 0 Å². The molecule has 0 aromatic heterocycles. The van der Waals surface area contributed by atoms with Crippen molar-refractivity contribution in [3.8, 4) is 0 Å². The maximum atomic E-state index is 12.0. The lowest BCUT2D eigenvalue weighted by Gasteiger charge is -2.26. The summed E-state index contributed by atoms with van der Waals surface area (Å²) in [5, 5.41) is 0. The van der Waals surface area contributed by atoms with E-state index in [0.29, 0.717) is 6.61 Å². The summed E-state index contributed by atoms with van der Waals surface area (Å²) in [6.07, 6.45) is 10.1. The van der Waals surface area contributed by atoms with E-state index in [-0.39, 0.29) is 29.9 Å². The van der Waals surface area contributed by atoms with Crippen LogP contribution in [0, 0.1) is 11.8 Å². The highest BCUT2D eigenvalue weighted by molar-refractivity contribution is 5.75. The fourth-order valence-corrected chi connectivity index (χ4v) is 3.07. The number of ether oxygens (including phenoxy) is 2. The average molecular weight is 326 g/mol. The number of esters is 2. The van der Waals surface area contributed by atoms with Crippen molar-refractivity contribution in [2.24, 2.45) is 11.8 Å². The van der Waals surface area contributed by atoms with Crippen LogP contribution in [0.2, 0.25) is 0 Å². The molecule has 1 fully saturated rings. The molecule has 4 heteroatoms. The fourth-order valence-electron chi connectivity index (χ4n) is 3.07. The number of carbonyl (C=O) groups is 2. The number of hydrogen-bond acceptors (Lipinski definition) is 4. The predicted molar refractivity (Wildman–Crippen MR) is 91.0 cm³/mol. The molecule has 134 valence electrons. The lowest BCUT2D eigenvalue weighted by Crippen LogP contribution is -2.29. The minimum absolute atomic E-state index is 0.0295. The van der Waals surface area contributed by atoms with Crippen LogP contribution in [0.4, 0.5) is 0 Å². The van der Waals surface area contributed by atoms with Crippen LogP contribution < -0.4 is 0 Å². The van der Waals surface area contributed by atoms with Crippen LogP contribution in [-0.2, 0) is 19.1 Å².